The van der Waals surface area contributed by atoms with Gasteiger partial charge in [0.1, 0.15) is 5.60 Å². The topological polar surface area (TPSA) is 96.7 Å². The van der Waals surface area contributed by atoms with Crippen LogP contribution in [-0.2, 0) is 24.8 Å². The second kappa shape index (κ2) is 8.16. The number of amides is 2. The average Bonchev–Trinajstić information content (AvgIpc) is 3.09. The Morgan fingerprint density at radius 3 is 2.32 bits per heavy atom. The number of hydrogen-bond donors (Lipinski definition) is 0. The van der Waals surface area contributed by atoms with E-state index in [0.717, 1.165) is 11.3 Å². The van der Waals surface area contributed by atoms with Crippen molar-refractivity contribution in [2.24, 2.45) is 7.05 Å². The van der Waals surface area contributed by atoms with Gasteiger partial charge in [0.05, 0.1) is 6.54 Å². The van der Waals surface area contributed by atoms with E-state index in [2.05, 4.69) is 20.0 Å². The van der Waals surface area contributed by atoms with Gasteiger partial charge in [0.25, 0.3) is 5.91 Å². The fourth-order valence-corrected chi connectivity index (χ4v) is 3.96. The lowest BCUT2D eigenvalue weighted by Gasteiger charge is -2.34. The molecule has 0 N–H and O–H groups in total. The van der Waals surface area contributed by atoms with Crippen molar-refractivity contribution in [2.45, 2.75) is 39.3 Å². The molecular formula is C21H29N7O3. The van der Waals surface area contributed by atoms with E-state index in [-0.39, 0.29) is 12.0 Å². The van der Waals surface area contributed by atoms with E-state index in [1.807, 2.05) is 32.7 Å². The minimum atomic E-state index is -0.562. The summed E-state index contributed by atoms with van der Waals surface area (Å²) in [7, 11) is 1.85. The van der Waals surface area contributed by atoms with Crippen molar-refractivity contribution in [3.63, 3.8) is 0 Å². The number of carbonyl (C=O) groups is 2. The number of ether oxygens (including phenoxy) is 1. The fourth-order valence-electron chi connectivity index (χ4n) is 3.96. The van der Waals surface area contributed by atoms with Gasteiger partial charge in [-0.1, -0.05) is 0 Å². The highest BCUT2D eigenvalue weighted by atomic mass is 16.6. The number of hydrogen-bond acceptors (Lipinski definition) is 7. The molecule has 0 unspecified atom stereocenters. The van der Waals surface area contributed by atoms with E-state index < -0.39 is 5.60 Å². The zero-order valence-electron chi connectivity index (χ0n) is 18.5. The third kappa shape index (κ3) is 4.47. The predicted molar refractivity (Wildman–Crippen MR) is 114 cm³/mol. The summed E-state index contributed by atoms with van der Waals surface area (Å²) in [6.45, 7) is 8.88. The summed E-state index contributed by atoms with van der Waals surface area (Å²) in [5.74, 6) is 0.578. The second-order valence-electron chi connectivity index (χ2n) is 8.88. The summed E-state index contributed by atoms with van der Waals surface area (Å²) in [4.78, 5) is 40.0. The summed E-state index contributed by atoms with van der Waals surface area (Å²) < 4.78 is 7.28. The van der Waals surface area contributed by atoms with Crippen LogP contribution in [0.15, 0.2) is 18.5 Å². The number of fused-ring (bicyclic) bond motifs is 1. The first kappa shape index (κ1) is 21.1. The van der Waals surface area contributed by atoms with Gasteiger partial charge in [-0.25, -0.2) is 14.8 Å². The van der Waals surface area contributed by atoms with Crippen LogP contribution in [0, 0.1) is 0 Å². The number of aryl methyl sites for hydroxylation is 1. The minimum Gasteiger partial charge on any atom is -0.444 e. The minimum absolute atomic E-state index is 0.100. The number of rotatable bonds is 2. The smallest absolute Gasteiger partial charge is 0.410 e. The molecule has 10 heteroatoms. The van der Waals surface area contributed by atoms with Crippen LogP contribution in [0.1, 0.15) is 42.5 Å². The zero-order valence-corrected chi connectivity index (χ0v) is 18.5. The number of piperazine rings is 1. The molecule has 2 aromatic rings. The van der Waals surface area contributed by atoms with Crippen LogP contribution in [0.5, 0.6) is 0 Å². The van der Waals surface area contributed by atoms with Crippen molar-refractivity contribution in [1.29, 1.82) is 0 Å². The summed E-state index contributed by atoms with van der Waals surface area (Å²) in [6.07, 6.45) is 3.72. The van der Waals surface area contributed by atoms with E-state index >= 15 is 0 Å². The molecule has 4 heterocycles. The van der Waals surface area contributed by atoms with Crippen LogP contribution in [0.2, 0.25) is 0 Å². The summed E-state index contributed by atoms with van der Waals surface area (Å²) in [5.41, 5.74) is 1.68. The Balaban J connectivity index is 1.46. The molecule has 2 aliphatic heterocycles. The van der Waals surface area contributed by atoms with Crippen LogP contribution in [0.25, 0.3) is 0 Å². The average molecular weight is 428 g/mol. The van der Waals surface area contributed by atoms with E-state index in [1.54, 1.807) is 28.0 Å². The molecule has 166 valence electrons. The molecule has 2 amide bonds. The Kier molecular flexibility index (Phi) is 5.55. The highest BCUT2D eigenvalue weighted by molar-refractivity contribution is 5.94. The third-order valence-corrected chi connectivity index (χ3v) is 5.50. The Hall–Kier alpha value is -3.17. The maximum absolute atomic E-state index is 13.3. The summed E-state index contributed by atoms with van der Waals surface area (Å²) in [5, 5.41) is 4.52. The molecule has 0 saturated carbocycles. The number of nitrogens with zero attached hydrogens (tertiary/aromatic N) is 7. The largest absolute Gasteiger partial charge is 0.444 e. The Bertz CT molecular complexity index is 959. The van der Waals surface area contributed by atoms with Gasteiger partial charge < -0.3 is 19.4 Å². The Morgan fingerprint density at radius 1 is 1.00 bits per heavy atom. The molecule has 2 aliphatic rings. The van der Waals surface area contributed by atoms with E-state index in [4.69, 9.17) is 4.74 Å². The highest BCUT2D eigenvalue weighted by Gasteiger charge is 2.33. The van der Waals surface area contributed by atoms with Crippen LogP contribution in [0.3, 0.4) is 0 Å². The van der Waals surface area contributed by atoms with E-state index in [1.165, 1.54) is 0 Å². The Morgan fingerprint density at radius 2 is 1.68 bits per heavy atom. The molecule has 0 spiro atoms. The molecule has 0 atom stereocenters. The lowest BCUT2D eigenvalue weighted by molar-refractivity contribution is 0.0221. The first-order valence-electron chi connectivity index (χ1n) is 10.6. The maximum Gasteiger partial charge on any atom is 0.410 e. The molecule has 0 radical (unpaired) electrons. The van der Waals surface area contributed by atoms with Crippen LogP contribution in [-0.4, -0.2) is 79.9 Å². The van der Waals surface area contributed by atoms with Gasteiger partial charge in [-0.2, -0.15) is 5.10 Å². The van der Waals surface area contributed by atoms with Crippen molar-refractivity contribution < 1.29 is 14.3 Å². The molecule has 1 saturated heterocycles. The van der Waals surface area contributed by atoms with Gasteiger partial charge in [0.2, 0.25) is 5.95 Å². The zero-order chi connectivity index (χ0) is 22.2. The summed E-state index contributed by atoms with van der Waals surface area (Å²) in [6, 6.07) is 1.79. The van der Waals surface area contributed by atoms with Gasteiger partial charge in [-0.15, -0.1) is 0 Å². The first-order valence-corrected chi connectivity index (χ1v) is 10.6. The molecule has 31 heavy (non-hydrogen) atoms. The normalized spacial score (nSPS) is 16.8. The fraction of sp³-hybridized carbons (Fsp3) is 0.571. The van der Waals surface area contributed by atoms with Crippen molar-refractivity contribution >= 4 is 17.9 Å². The molecule has 10 nitrogen and oxygen atoms in total. The van der Waals surface area contributed by atoms with E-state index in [9.17, 15) is 9.59 Å². The number of aromatic nitrogens is 4. The number of carbonyl (C=O) groups excluding carboxylic acids is 2. The van der Waals surface area contributed by atoms with Gasteiger partial charge in [-0.05, 0) is 26.8 Å². The molecule has 1 fully saturated rings. The molecule has 4 rings (SSSR count). The highest BCUT2D eigenvalue weighted by Crippen LogP contribution is 2.25. The predicted octanol–water partition coefficient (Wildman–Crippen LogP) is 1.47. The first-order chi connectivity index (χ1) is 14.7. The molecule has 0 aromatic carbocycles. The van der Waals surface area contributed by atoms with E-state index in [0.29, 0.717) is 57.3 Å². The van der Waals surface area contributed by atoms with Crippen molar-refractivity contribution in [3.05, 3.63) is 35.4 Å². The molecule has 2 aromatic heterocycles. The lowest BCUT2D eigenvalue weighted by Crippen LogP contribution is -2.49. The third-order valence-electron chi connectivity index (χ3n) is 5.50. The van der Waals surface area contributed by atoms with Gasteiger partial charge in [-0.3, -0.25) is 9.48 Å². The van der Waals surface area contributed by atoms with Gasteiger partial charge in [0.15, 0.2) is 5.69 Å². The summed E-state index contributed by atoms with van der Waals surface area (Å²) >= 11 is 0. The van der Waals surface area contributed by atoms with Crippen molar-refractivity contribution in [1.82, 2.24) is 29.5 Å². The van der Waals surface area contributed by atoms with Gasteiger partial charge in [0, 0.05) is 69.8 Å². The monoisotopic (exact) mass is 427 g/mol. The molecular weight excluding hydrogens is 398 g/mol. The van der Waals surface area contributed by atoms with Crippen LogP contribution >= 0.6 is 0 Å². The van der Waals surface area contributed by atoms with Crippen LogP contribution < -0.4 is 4.90 Å². The van der Waals surface area contributed by atoms with Gasteiger partial charge >= 0.3 is 6.09 Å². The lowest BCUT2D eigenvalue weighted by atomic mass is 10.0. The molecule has 0 bridgehead atoms. The SMILES string of the molecule is Cn1nc(C(=O)N2CCN(c3ncccn3)CC2)c2c1CCN(C(=O)OC(C)(C)C)C2. The quantitative estimate of drug-likeness (QED) is 0.716. The van der Waals surface area contributed by atoms with Crippen molar-refractivity contribution in [2.75, 3.05) is 37.6 Å². The second-order valence-corrected chi connectivity index (χ2v) is 8.88. The molecule has 0 aliphatic carbocycles. The maximum atomic E-state index is 13.3. The number of anilines is 1. The van der Waals surface area contributed by atoms with Crippen molar-refractivity contribution in [3.8, 4) is 0 Å². The standard InChI is InChI=1S/C21H29N7O3/c1-21(2,3)31-20(30)28-9-6-16-15(14-28)17(24-25(16)4)18(29)26-10-12-27(13-11-26)19-22-7-5-8-23-19/h5,7-8H,6,9-14H2,1-4H3. The Labute approximate surface area is 181 Å². The van der Waals surface area contributed by atoms with Crippen LogP contribution in [0.4, 0.5) is 10.7 Å².